The van der Waals surface area contributed by atoms with Crippen molar-refractivity contribution in [3.05, 3.63) is 59.2 Å². The maximum absolute atomic E-state index is 12.2. The summed E-state index contributed by atoms with van der Waals surface area (Å²) in [7, 11) is 0. The van der Waals surface area contributed by atoms with Crippen molar-refractivity contribution < 1.29 is 19.1 Å². The Balaban J connectivity index is 1.89. The summed E-state index contributed by atoms with van der Waals surface area (Å²) >= 11 is 0. The van der Waals surface area contributed by atoms with Crippen molar-refractivity contribution in [3.8, 4) is 5.75 Å². The van der Waals surface area contributed by atoms with Crippen LogP contribution in [-0.2, 0) is 9.59 Å². The van der Waals surface area contributed by atoms with Crippen molar-refractivity contribution in [2.75, 3.05) is 5.32 Å². The van der Waals surface area contributed by atoms with E-state index in [1.807, 2.05) is 32.0 Å². The molecule has 0 saturated carbocycles. The van der Waals surface area contributed by atoms with Crippen LogP contribution in [0.4, 0.5) is 5.69 Å². The second-order valence-electron chi connectivity index (χ2n) is 6.40. The highest BCUT2D eigenvalue weighted by Crippen LogP contribution is 2.23. The summed E-state index contributed by atoms with van der Waals surface area (Å²) in [6.45, 7) is 7.17. The zero-order chi connectivity index (χ0) is 20.7. The van der Waals surface area contributed by atoms with Crippen LogP contribution in [0.2, 0.25) is 0 Å². The minimum Gasteiger partial charge on any atom is -0.480 e. The van der Waals surface area contributed by atoms with E-state index < -0.39 is 17.9 Å². The van der Waals surface area contributed by atoms with Crippen LogP contribution in [0.25, 0.3) is 0 Å². The van der Waals surface area contributed by atoms with E-state index in [0.717, 1.165) is 11.1 Å². The number of hydrogen-bond donors (Lipinski definition) is 3. The Morgan fingerprint density at radius 2 is 1.57 bits per heavy atom. The van der Waals surface area contributed by atoms with E-state index in [4.69, 9.17) is 4.74 Å². The molecular weight excluding hydrogens is 358 g/mol. The Labute approximate surface area is 164 Å². The van der Waals surface area contributed by atoms with Gasteiger partial charge in [0.25, 0.3) is 11.8 Å². The average Bonchev–Trinajstić information content (AvgIpc) is 2.69. The fourth-order valence-electron chi connectivity index (χ4n) is 2.46. The first-order chi connectivity index (χ1) is 13.3. The lowest BCUT2D eigenvalue weighted by Gasteiger charge is -2.18. The van der Waals surface area contributed by atoms with Gasteiger partial charge < -0.3 is 10.1 Å². The highest BCUT2D eigenvalue weighted by molar-refractivity contribution is 5.97. The molecule has 0 spiro atoms. The Morgan fingerprint density at radius 3 is 2.14 bits per heavy atom. The van der Waals surface area contributed by atoms with Gasteiger partial charge in [0.1, 0.15) is 5.75 Å². The van der Waals surface area contributed by atoms with Crippen LogP contribution in [0.1, 0.15) is 41.8 Å². The quantitative estimate of drug-likeness (QED) is 0.668. The molecule has 148 valence electrons. The third-order valence-corrected chi connectivity index (χ3v) is 4.12. The Hall–Kier alpha value is -3.35. The molecule has 1 unspecified atom stereocenters. The van der Waals surface area contributed by atoms with Crippen molar-refractivity contribution in [3.63, 3.8) is 0 Å². The monoisotopic (exact) mass is 383 g/mol. The molecule has 0 heterocycles. The summed E-state index contributed by atoms with van der Waals surface area (Å²) in [5, 5.41) is 2.70. The SMILES string of the molecule is CCC(=O)Nc1ccc(C(=O)NNC(=O)C(C)Oc2c(C)cccc2C)cc1. The molecule has 2 rings (SSSR count). The maximum atomic E-state index is 12.2. The van der Waals surface area contributed by atoms with Crippen LogP contribution in [-0.4, -0.2) is 23.8 Å². The second-order valence-corrected chi connectivity index (χ2v) is 6.40. The molecule has 0 bridgehead atoms. The van der Waals surface area contributed by atoms with Crippen LogP contribution in [0, 0.1) is 13.8 Å². The highest BCUT2D eigenvalue weighted by atomic mass is 16.5. The molecule has 0 aliphatic carbocycles. The van der Waals surface area contributed by atoms with Crippen molar-refractivity contribution in [1.82, 2.24) is 10.9 Å². The van der Waals surface area contributed by atoms with Gasteiger partial charge in [-0.05, 0) is 56.2 Å². The topological polar surface area (TPSA) is 96.5 Å². The van der Waals surface area contributed by atoms with Gasteiger partial charge >= 0.3 is 0 Å². The van der Waals surface area contributed by atoms with E-state index in [1.165, 1.54) is 0 Å². The lowest BCUT2D eigenvalue weighted by Crippen LogP contribution is -2.47. The van der Waals surface area contributed by atoms with Gasteiger partial charge in [0.05, 0.1) is 0 Å². The first-order valence-electron chi connectivity index (χ1n) is 9.04. The molecule has 3 N–H and O–H groups in total. The van der Waals surface area contributed by atoms with Gasteiger partial charge in [-0.15, -0.1) is 0 Å². The summed E-state index contributed by atoms with van der Waals surface area (Å²) in [4.78, 5) is 35.8. The molecular formula is C21H25N3O4. The molecule has 1 atom stereocenters. The third kappa shape index (κ3) is 5.57. The van der Waals surface area contributed by atoms with E-state index in [1.54, 1.807) is 38.1 Å². The molecule has 0 saturated heterocycles. The molecule has 0 fully saturated rings. The number of hydrazine groups is 1. The van der Waals surface area contributed by atoms with E-state index in [-0.39, 0.29) is 5.91 Å². The fourth-order valence-corrected chi connectivity index (χ4v) is 2.46. The first-order valence-corrected chi connectivity index (χ1v) is 9.04. The van der Waals surface area contributed by atoms with Crippen molar-refractivity contribution in [2.45, 2.75) is 40.2 Å². The molecule has 28 heavy (non-hydrogen) atoms. The van der Waals surface area contributed by atoms with Gasteiger partial charge in [0, 0.05) is 17.7 Å². The number of amides is 3. The second kappa shape index (κ2) is 9.55. The smallest absolute Gasteiger partial charge is 0.279 e. The lowest BCUT2D eigenvalue weighted by molar-refractivity contribution is -0.128. The van der Waals surface area contributed by atoms with Crippen molar-refractivity contribution >= 4 is 23.4 Å². The molecule has 0 radical (unpaired) electrons. The summed E-state index contributed by atoms with van der Waals surface area (Å²) < 4.78 is 5.74. The maximum Gasteiger partial charge on any atom is 0.279 e. The number of rotatable bonds is 6. The van der Waals surface area contributed by atoms with Crippen LogP contribution < -0.4 is 20.9 Å². The van der Waals surface area contributed by atoms with E-state index >= 15 is 0 Å². The fraction of sp³-hybridized carbons (Fsp3) is 0.286. The van der Waals surface area contributed by atoms with Gasteiger partial charge in [-0.2, -0.15) is 0 Å². The number of benzene rings is 2. The van der Waals surface area contributed by atoms with Gasteiger partial charge in [-0.1, -0.05) is 25.1 Å². The molecule has 7 heteroatoms. The number of anilines is 1. The molecule has 3 amide bonds. The number of hydrogen-bond acceptors (Lipinski definition) is 4. The number of ether oxygens (including phenoxy) is 1. The van der Waals surface area contributed by atoms with E-state index in [0.29, 0.717) is 23.4 Å². The Kier molecular flexibility index (Phi) is 7.14. The zero-order valence-corrected chi connectivity index (χ0v) is 16.5. The molecule has 0 aromatic heterocycles. The minimum atomic E-state index is -0.785. The molecule has 2 aromatic carbocycles. The molecule has 0 aliphatic heterocycles. The zero-order valence-electron chi connectivity index (χ0n) is 16.5. The summed E-state index contributed by atoms with van der Waals surface area (Å²) in [6, 6.07) is 12.1. The summed E-state index contributed by atoms with van der Waals surface area (Å²) in [6.07, 6.45) is -0.414. The Bertz CT molecular complexity index is 842. The average molecular weight is 383 g/mol. The van der Waals surface area contributed by atoms with Gasteiger partial charge in [-0.25, -0.2) is 0 Å². The van der Waals surface area contributed by atoms with E-state index in [2.05, 4.69) is 16.2 Å². The van der Waals surface area contributed by atoms with Crippen LogP contribution in [0.15, 0.2) is 42.5 Å². The van der Waals surface area contributed by atoms with Crippen molar-refractivity contribution in [1.29, 1.82) is 0 Å². The predicted octanol–water partition coefficient (Wildman–Crippen LogP) is 2.88. The summed E-state index contributed by atoms with van der Waals surface area (Å²) in [5.74, 6) is -0.396. The van der Waals surface area contributed by atoms with Crippen LogP contribution >= 0.6 is 0 Å². The van der Waals surface area contributed by atoms with Crippen LogP contribution in [0.5, 0.6) is 5.75 Å². The predicted molar refractivity (Wildman–Crippen MR) is 107 cm³/mol. The Morgan fingerprint density at radius 1 is 0.964 bits per heavy atom. The first kappa shape index (κ1) is 21.0. The van der Waals surface area contributed by atoms with E-state index in [9.17, 15) is 14.4 Å². The largest absolute Gasteiger partial charge is 0.480 e. The number of carbonyl (C=O) groups is 3. The summed E-state index contributed by atoms with van der Waals surface area (Å²) in [5.41, 5.74) is 7.53. The van der Waals surface area contributed by atoms with Crippen LogP contribution in [0.3, 0.4) is 0 Å². The molecule has 2 aromatic rings. The number of carbonyl (C=O) groups excluding carboxylic acids is 3. The van der Waals surface area contributed by atoms with Gasteiger partial charge in [0.2, 0.25) is 5.91 Å². The molecule has 0 aliphatic rings. The number of para-hydroxylation sites is 1. The highest BCUT2D eigenvalue weighted by Gasteiger charge is 2.17. The standard InChI is InChI=1S/C21H25N3O4/c1-5-18(25)22-17-11-9-16(10-12-17)21(27)24-23-20(26)15(4)28-19-13(2)7-6-8-14(19)3/h6-12,15H,5H2,1-4H3,(H,22,25)(H,23,26)(H,24,27). The third-order valence-electron chi connectivity index (χ3n) is 4.12. The normalized spacial score (nSPS) is 11.3. The van der Waals surface area contributed by atoms with Gasteiger partial charge in [0.15, 0.2) is 6.10 Å². The minimum absolute atomic E-state index is 0.109. The van der Waals surface area contributed by atoms with Gasteiger partial charge in [-0.3, -0.25) is 25.2 Å². The van der Waals surface area contributed by atoms with Crippen molar-refractivity contribution in [2.24, 2.45) is 0 Å². The number of aryl methyl sites for hydroxylation is 2. The molecule has 7 nitrogen and oxygen atoms in total. The lowest BCUT2D eigenvalue weighted by atomic mass is 10.1. The number of nitrogens with one attached hydrogen (secondary N) is 3.